The van der Waals surface area contributed by atoms with Gasteiger partial charge in [0.05, 0.1) is 23.2 Å². The molecule has 2 aromatic rings. The monoisotopic (exact) mass is 445 g/mol. The minimum absolute atomic E-state index is 0.0511. The molecule has 0 radical (unpaired) electrons. The predicted octanol–water partition coefficient (Wildman–Crippen LogP) is 3.03. The molecule has 2 heterocycles. The van der Waals surface area contributed by atoms with E-state index in [1.54, 1.807) is 18.7 Å². The summed E-state index contributed by atoms with van der Waals surface area (Å²) < 4.78 is 65.9. The molecule has 7 nitrogen and oxygen atoms in total. The molecule has 0 N–H and O–H groups in total. The van der Waals surface area contributed by atoms with Crippen molar-refractivity contribution in [1.29, 1.82) is 0 Å². The maximum absolute atomic E-state index is 12.7. The Bertz CT molecular complexity index is 1050. The van der Waals surface area contributed by atoms with Crippen LogP contribution in [-0.2, 0) is 16.4 Å². The Kier molecular flexibility index (Phi) is 5.85. The van der Waals surface area contributed by atoms with Crippen molar-refractivity contribution in [3.63, 3.8) is 0 Å². The first-order chi connectivity index (χ1) is 13.9. The van der Waals surface area contributed by atoms with Gasteiger partial charge in [0.2, 0.25) is 0 Å². The number of aromatic nitrogens is 2. The quantitative estimate of drug-likeness (QED) is 0.707. The first-order valence-electron chi connectivity index (χ1n) is 9.22. The number of sulfone groups is 1. The number of nitrogens with zero attached hydrogens (tertiary/aromatic N) is 3. The van der Waals surface area contributed by atoms with E-state index in [1.165, 1.54) is 17.0 Å². The molecule has 0 spiro atoms. The van der Waals surface area contributed by atoms with Crippen molar-refractivity contribution in [2.45, 2.75) is 39.2 Å². The van der Waals surface area contributed by atoms with Crippen LogP contribution in [0.1, 0.15) is 39.8 Å². The zero-order valence-corrected chi connectivity index (χ0v) is 17.5. The Morgan fingerprint density at radius 2 is 1.90 bits per heavy atom. The number of carbonyl (C=O) groups is 1. The third-order valence-electron chi connectivity index (χ3n) is 5.11. The number of hydrogen-bond acceptors (Lipinski definition) is 5. The Morgan fingerprint density at radius 3 is 2.43 bits per heavy atom. The van der Waals surface area contributed by atoms with E-state index in [0.29, 0.717) is 12.1 Å². The fraction of sp³-hybridized carbons (Fsp3) is 0.474. The fourth-order valence-corrected chi connectivity index (χ4v) is 5.27. The van der Waals surface area contributed by atoms with Gasteiger partial charge in [-0.1, -0.05) is 0 Å². The summed E-state index contributed by atoms with van der Waals surface area (Å²) in [6, 6.07) is 4.50. The lowest BCUT2D eigenvalue weighted by Gasteiger charge is -2.18. The third-order valence-corrected chi connectivity index (χ3v) is 6.86. The number of aryl methyl sites for hydroxylation is 1. The van der Waals surface area contributed by atoms with Gasteiger partial charge in [-0.3, -0.25) is 9.48 Å². The van der Waals surface area contributed by atoms with E-state index in [4.69, 9.17) is 0 Å². The summed E-state index contributed by atoms with van der Waals surface area (Å²) in [4.78, 5) is 14.1. The second-order valence-corrected chi connectivity index (χ2v) is 9.61. The molecule has 0 saturated carbocycles. The van der Waals surface area contributed by atoms with Crippen molar-refractivity contribution in [1.82, 2.24) is 14.7 Å². The summed E-state index contributed by atoms with van der Waals surface area (Å²) in [5.74, 6) is -0.586. The van der Waals surface area contributed by atoms with Gasteiger partial charge in [-0.25, -0.2) is 8.42 Å². The molecule has 0 unspecified atom stereocenters. The van der Waals surface area contributed by atoms with Gasteiger partial charge < -0.3 is 9.64 Å². The molecular weight excluding hydrogens is 423 g/mol. The van der Waals surface area contributed by atoms with Crippen LogP contribution < -0.4 is 4.74 Å². The first-order valence-corrected chi connectivity index (χ1v) is 11.0. The second kappa shape index (κ2) is 7.93. The van der Waals surface area contributed by atoms with Crippen LogP contribution in [-0.4, -0.2) is 53.9 Å². The summed E-state index contributed by atoms with van der Waals surface area (Å²) in [5, 5.41) is 4.48. The van der Waals surface area contributed by atoms with Gasteiger partial charge in [0.15, 0.2) is 9.84 Å². The Balaban J connectivity index is 1.73. The van der Waals surface area contributed by atoms with Crippen LogP contribution in [0.4, 0.5) is 13.2 Å². The summed E-state index contributed by atoms with van der Waals surface area (Å²) in [5.41, 5.74) is 2.53. The lowest BCUT2D eigenvalue weighted by atomic mass is 10.1. The molecule has 11 heteroatoms. The SMILES string of the molecule is Cc1nn([C@H]2CCS(=O)(=O)C2)c(C)c1CN(C)C(=O)c1ccc(OC(F)(F)F)cc1. The van der Waals surface area contributed by atoms with E-state index in [0.717, 1.165) is 23.4 Å². The molecule has 164 valence electrons. The molecule has 0 bridgehead atoms. The highest BCUT2D eigenvalue weighted by Crippen LogP contribution is 2.28. The molecule has 30 heavy (non-hydrogen) atoms. The molecule has 1 aliphatic rings. The smallest absolute Gasteiger partial charge is 0.406 e. The summed E-state index contributed by atoms with van der Waals surface area (Å²) in [6.07, 6.45) is -4.29. The predicted molar refractivity (Wildman–Crippen MR) is 103 cm³/mol. The van der Waals surface area contributed by atoms with Crippen molar-refractivity contribution in [3.8, 4) is 5.75 Å². The molecule has 3 rings (SSSR count). The van der Waals surface area contributed by atoms with Gasteiger partial charge in [-0.2, -0.15) is 5.10 Å². The lowest BCUT2D eigenvalue weighted by Crippen LogP contribution is -2.27. The van der Waals surface area contributed by atoms with Crippen LogP contribution in [0.5, 0.6) is 5.75 Å². The van der Waals surface area contributed by atoms with E-state index >= 15 is 0 Å². The summed E-state index contributed by atoms with van der Waals surface area (Å²) in [7, 11) is -1.48. The van der Waals surface area contributed by atoms with E-state index in [9.17, 15) is 26.4 Å². The summed E-state index contributed by atoms with van der Waals surface area (Å²) >= 11 is 0. The van der Waals surface area contributed by atoms with Crippen LogP contribution in [0.2, 0.25) is 0 Å². The van der Waals surface area contributed by atoms with E-state index < -0.39 is 21.9 Å². The molecule has 1 aromatic carbocycles. The van der Waals surface area contributed by atoms with Crippen molar-refractivity contribution in [2.24, 2.45) is 0 Å². The molecular formula is C19H22F3N3O4S. The highest BCUT2D eigenvalue weighted by atomic mass is 32.2. The van der Waals surface area contributed by atoms with Crippen LogP contribution >= 0.6 is 0 Å². The Hall–Kier alpha value is -2.56. The maximum atomic E-state index is 12.7. The second-order valence-electron chi connectivity index (χ2n) is 7.38. The first kappa shape index (κ1) is 22.1. The molecule has 1 aliphatic heterocycles. The average molecular weight is 445 g/mol. The standard InChI is InChI=1S/C19H22F3N3O4S/c1-12-17(13(2)25(23-12)15-8-9-30(27,28)11-15)10-24(3)18(26)14-4-6-16(7-5-14)29-19(20,21)22/h4-7,15H,8-11H2,1-3H3/t15-/m0/s1. The number of carbonyl (C=O) groups excluding carboxylic acids is 1. The number of benzene rings is 1. The van der Waals surface area contributed by atoms with Crippen molar-refractivity contribution in [3.05, 3.63) is 46.8 Å². The van der Waals surface area contributed by atoms with Gasteiger partial charge in [-0.15, -0.1) is 13.2 Å². The van der Waals surface area contributed by atoms with Crippen LogP contribution in [0.3, 0.4) is 0 Å². The molecule has 1 amide bonds. The molecule has 0 aliphatic carbocycles. The number of alkyl halides is 3. The van der Waals surface area contributed by atoms with Crippen molar-refractivity contribution in [2.75, 3.05) is 18.6 Å². The van der Waals surface area contributed by atoms with Gasteiger partial charge >= 0.3 is 6.36 Å². The minimum atomic E-state index is -4.80. The zero-order chi connectivity index (χ0) is 22.3. The highest BCUT2D eigenvalue weighted by molar-refractivity contribution is 7.91. The Morgan fingerprint density at radius 1 is 1.27 bits per heavy atom. The molecule has 1 saturated heterocycles. The average Bonchev–Trinajstić information content (AvgIpc) is 3.13. The topological polar surface area (TPSA) is 81.5 Å². The van der Waals surface area contributed by atoms with Crippen LogP contribution in [0, 0.1) is 13.8 Å². The van der Waals surface area contributed by atoms with Gasteiger partial charge in [0, 0.05) is 30.4 Å². The van der Waals surface area contributed by atoms with Crippen molar-refractivity contribution >= 4 is 15.7 Å². The normalized spacial score (nSPS) is 18.4. The highest BCUT2D eigenvalue weighted by Gasteiger charge is 2.32. The zero-order valence-electron chi connectivity index (χ0n) is 16.7. The van der Waals surface area contributed by atoms with Gasteiger partial charge in [-0.05, 0) is 44.5 Å². The number of halogens is 3. The van der Waals surface area contributed by atoms with E-state index in [2.05, 4.69) is 9.84 Å². The van der Waals surface area contributed by atoms with Crippen LogP contribution in [0.25, 0.3) is 0 Å². The third kappa shape index (κ3) is 4.94. The maximum Gasteiger partial charge on any atom is 0.573 e. The van der Waals surface area contributed by atoms with E-state index in [1.807, 2.05) is 6.92 Å². The number of amides is 1. The van der Waals surface area contributed by atoms with Crippen LogP contribution in [0.15, 0.2) is 24.3 Å². The largest absolute Gasteiger partial charge is 0.573 e. The molecule has 1 fully saturated rings. The van der Waals surface area contributed by atoms with Gasteiger partial charge in [0.1, 0.15) is 5.75 Å². The Labute approximate surface area is 172 Å². The number of hydrogen-bond donors (Lipinski definition) is 0. The van der Waals surface area contributed by atoms with Crippen molar-refractivity contribution < 1.29 is 31.1 Å². The lowest BCUT2D eigenvalue weighted by molar-refractivity contribution is -0.274. The minimum Gasteiger partial charge on any atom is -0.406 e. The fourth-order valence-electron chi connectivity index (χ4n) is 3.58. The summed E-state index contributed by atoms with van der Waals surface area (Å²) in [6.45, 7) is 3.86. The number of ether oxygens (including phenoxy) is 1. The molecule has 1 atom stereocenters. The number of rotatable bonds is 5. The van der Waals surface area contributed by atoms with E-state index in [-0.39, 0.29) is 35.6 Å². The van der Waals surface area contributed by atoms with Gasteiger partial charge in [0.25, 0.3) is 5.91 Å². The molecule has 1 aromatic heterocycles.